The summed E-state index contributed by atoms with van der Waals surface area (Å²) in [6.45, 7) is 15.1. The van der Waals surface area contributed by atoms with Crippen molar-refractivity contribution in [3.8, 4) is 11.5 Å². The molecule has 0 spiro atoms. The topological polar surface area (TPSA) is 51.2 Å². The molecule has 1 saturated heterocycles. The van der Waals surface area contributed by atoms with E-state index in [0.717, 1.165) is 30.9 Å². The number of rotatable bonds is 4. The molecule has 0 bridgehead atoms. The van der Waals surface area contributed by atoms with Crippen molar-refractivity contribution in [3.05, 3.63) is 23.8 Å². The van der Waals surface area contributed by atoms with Gasteiger partial charge in [0.25, 0.3) is 0 Å². The van der Waals surface area contributed by atoms with E-state index >= 15 is 0 Å². The van der Waals surface area contributed by atoms with Gasteiger partial charge in [-0.3, -0.25) is 4.90 Å². The van der Waals surface area contributed by atoms with Crippen LogP contribution in [0.15, 0.2) is 18.2 Å². The summed E-state index contributed by atoms with van der Waals surface area (Å²) >= 11 is 0. The molecule has 3 rings (SSSR count). The third-order valence-electron chi connectivity index (χ3n) is 5.86. The molecule has 162 valence electrons. The van der Waals surface area contributed by atoms with Gasteiger partial charge >= 0.3 is 6.09 Å². The Morgan fingerprint density at radius 2 is 1.76 bits per heavy atom. The van der Waals surface area contributed by atoms with Gasteiger partial charge in [0.05, 0.1) is 0 Å². The van der Waals surface area contributed by atoms with Gasteiger partial charge in [-0.25, -0.2) is 4.79 Å². The van der Waals surface area contributed by atoms with Crippen LogP contribution in [0.4, 0.5) is 4.79 Å². The molecule has 0 aliphatic carbocycles. The second-order valence-electron chi connectivity index (χ2n) is 9.03. The van der Waals surface area contributed by atoms with Crippen molar-refractivity contribution in [1.29, 1.82) is 0 Å². The van der Waals surface area contributed by atoms with Crippen molar-refractivity contribution >= 4 is 6.09 Å². The predicted molar refractivity (Wildman–Crippen MR) is 114 cm³/mol. The zero-order valence-electron chi connectivity index (χ0n) is 18.7. The number of fused-ring (bicyclic) bond motifs is 1. The first-order valence-corrected chi connectivity index (χ1v) is 10.9. The molecule has 2 aliphatic rings. The second-order valence-corrected chi connectivity index (χ2v) is 9.03. The molecule has 1 fully saturated rings. The second kappa shape index (κ2) is 8.82. The van der Waals surface area contributed by atoms with Crippen molar-refractivity contribution in [2.24, 2.45) is 0 Å². The lowest BCUT2D eigenvalue weighted by atomic mass is 9.97. The standard InChI is InChI=1S/C23H36N2O4/c1-7-18-15-25(22(26)29-23(4,5)6)19(8-2)14-24(18)16(3)17-9-10-20-21(13-17)28-12-11-27-20/h9-10,13,16,18-19H,7-8,11-12,14-15H2,1-6H3/t16?,18-,19+/m1/s1. The van der Waals surface area contributed by atoms with Crippen LogP contribution in [-0.2, 0) is 4.74 Å². The Morgan fingerprint density at radius 1 is 1.10 bits per heavy atom. The fourth-order valence-electron chi connectivity index (χ4n) is 4.21. The Kier molecular flexibility index (Phi) is 6.62. The number of amides is 1. The molecule has 2 aliphatic heterocycles. The molecule has 6 nitrogen and oxygen atoms in total. The quantitative estimate of drug-likeness (QED) is 0.732. The van der Waals surface area contributed by atoms with E-state index in [4.69, 9.17) is 14.2 Å². The molecule has 0 saturated carbocycles. The fourth-order valence-corrected chi connectivity index (χ4v) is 4.21. The van der Waals surface area contributed by atoms with E-state index < -0.39 is 5.60 Å². The maximum Gasteiger partial charge on any atom is 0.410 e. The molecule has 0 N–H and O–H groups in total. The van der Waals surface area contributed by atoms with Crippen LogP contribution in [0.5, 0.6) is 11.5 Å². The lowest BCUT2D eigenvalue weighted by Crippen LogP contribution is -2.60. The monoisotopic (exact) mass is 404 g/mol. The van der Waals surface area contributed by atoms with Gasteiger partial charge in [0, 0.05) is 31.2 Å². The molecule has 1 aromatic rings. The maximum absolute atomic E-state index is 12.8. The molecule has 29 heavy (non-hydrogen) atoms. The van der Waals surface area contributed by atoms with Crippen LogP contribution in [0, 0.1) is 0 Å². The summed E-state index contributed by atoms with van der Waals surface area (Å²) in [6.07, 6.45) is 1.68. The molecular weight excluding hydrogens is 368 g/mol. The number of benzene rings is 1. The van der Waals surface area contributed by atoms with Crippen LogP contribution in [0.3, 0.4) is 0 Å². The van der Waals surface area contributed by atoms with E-state index in [0.29, 0.717) is 19.8 Å². The van der Waals surface area contributed by atoms with E-state index in [1.807, 2.05) is 31.7 Å². The number of carbonyl (C=O) groups excluding carboxylic acids is 1. The molecule has 2 heterocycles. The fraction of sp³-hybridized carbons (Fsp3) is 0.696. The molecule has 3 atom stereocenters. The lowest BCUT2D eigenvalue weighted by Gasteiger charge is -2.48. The summed E-state index contributed by atoms with van der Waals surface area (Å²) in [5, 5.41) is 0. The Labute approximate surface area is 175 Å². The van der Waals surface area contributed by atoms with E-state index in [2.05, 4.69) is 37.8 Å². The highest BCUT2D eigenvalue weighted by Crippen LogP contribution is 2.36. The van der Waals surface area contributed by atoms with Gasteiger partial charge in [-0.05, 0) is 58.2 Å². The number of hydrogen-bond acceptors (Lipinski definition) is 5. The Hall–Kier alpha value is -1.95. The summed E-state index contributed by atoms with van der Waals surface area (Å²) in [7, 11) is 0. The molecule has 0 aromatic heterocycles. The first-order chi connectivity index (χ1) is 13.7. The predicted octanol–water partition coefficient (Wildman–Crippen LogP) is 4.63. The van der Waals surface area contributed by atoms with Gasteiger partial charge in [0.1, 0.15) is 18.8 Å². The average molecular weight is 405 g/mol. The largest absolute Gasteiger partial charge is 0.486 e. The van der Waals surface area contributed by atoms with Gasteiger partial charge in [0.2, 0.25) is 0 Å². The van der Waals surface area contributed by atoms with Crippen LogP contribution in [-0.4, -0.2) is 59.9 Å². The first kappa shape index (κ1) is 21.8. The van der Waals surface area contributed by atoms with Gasteiger partial charge in [-0.2, -0.15) is 0 Å². The maximum atomic E-state index is 12.8. The van der Waals surface area contributed by atoms with Crippen LogP contribution < -0.4 is 9.47 Å². The van der Waals surface area contributed by atoms with Crippen molar-refractivity contribution < 1.29 is 19.0 Å². The van der Waals surface area contributed by atoms with Crippen LogP contribution in [0.25, 0.3) is 0 Å². The van der Waals surface area contributed by atoms with E-state index in [-0.39, 0.29) is 24.2 Å². The lowest BCUT2D eigenvalue weighted by molar-refractivity contribution is -0.0268. The molecule has 1 amide bonds. The Balaban J connectivity index is 1.78. The summed E-state index contributed by atoms with van der Waals surface area (Å²) in [4.78, 5) is 17.3. The van der Waals surface area contributed by atoms with Gasteiger partial charge in [-0.15, -0.1) is 0 Å². The van der Waals surface area contributed by atoms with Gasteiger partial charge in [0.15, 0.2) is 11.5 Å². The molecule has 1 unspecified atom stereocenters. The van der Waals surface area contributed by atoms with E-state index in [1.165, 1.54) is 5.56 Å². The minimum atomic E-state index is -0.479. The Bertz CT molecular complexity index is 715. The third kappa shape index (κ3) is 4.97. The summed E-state index contributed by atoms with van der Waals surface area (Å²) in [5.41, 5.74) is 0.737. The zero-order chi connectivity index (χ0) is 21.2. The van der Waals surface area contributed by atoms with Crippen molar-refractivity contribution in [2.45, 2.75) is 78.1 Å². The normalized spacial score (nSPS) is 23.6. The highest BCUT2D eigenvalue weighted by atomic mass is 16.6. The van der Waals surface area contributed by atoms with Gasteiger partial charge in [-0.1, -0.05) is 19.9 Å². The number of hydrogen-bond donors (Lipinski definition) is 0. The van der Waals surface area contributed by atoms with Gasteiger partial charge < -0.3 is 19.1 Å². The van der Waals surface area contributed by atoms with E-state index in [1.54, 1.807) is 0 Å². The molecular formula is C23H36N2O4. The Morgan fingerprint density at radius 3 is 2.38 bits per heavy atom. The summed E-state index contributed by atoms with van der Waals surface area (Å²) < 4.78 is 17.1. The van der Waals surface area contributed by atoms with Crippen molar-refractivity contribution in [3.63, 3.8) is 0 Å². The van der Waals surface area contributed by atoms with Crippen LogP contribution in [0.2, 0.25) is 0 Å². The number of piperazine rings is 1. The molecule has 0 radical (unpaired) electrons. The summed E-state index contributed by atoms with van der Waals surface area (Å²) in [6, 6.07) is 6.90. The van der Waals surface area contributed by atoms with E-state index in [9.17, 15) is 4.79 Å². The molecule has 1 aromatic carbocycles. The van der Waals surface area contributed by atoms with Crippen molar-refractivity contribution in [1.82, 2.24) is 9.80 Å². The minimum absolute atomic E-state index is 0.146. The number of ether oxygens (including phenoxy) is 3. The SMILES string of the molecule is CC[C@H]1CN(C(C)c2ccc3c(c2)OCCO3)[C@H](CC)CN1C(=O)OC(C)(C)C. The highest BCUT2D eigenvalue weighted by Gasteiger charge is 2.38. The average Bonchev–Trinajstić information content (AvgIpc) is 2.70. The first-order valence-electron chi connectivity index (χ1n) is 10.9. The third-order valence-corrected chi connectivity index (χ3v) is 5.86. The highest BCUT2D eigenvalue weighted by molar-refractivity contribution is 5.69. The molecule has 6 heteroatoms. The smallest absolute Gasteiger partial charge is 0.410 e. The number of nitrogens with zero attached hydrogens (tertiary/aromatic N) is 2. The van der Waals surface area contributed by atoms with Crippen LogP contribution in [0.1, 0.15) is 66.0 Å². The zero-order valence-corrected chi connectivity index (χ0v) is 18.7. The number of carbonyl (C=O) groups is 1. The van der Waals surface area contributed by atoms with Crippen LogP contribution >= 0.6 is 0 Å². The minimum Gasteiger partial charge on any atom is -0.486 e. The summed E-state index contributed by atoms with van der Waals surface area (Å²) in [5.74, 6) is 1.65. The van der Waals surface area contributed by atoms with Crippen molar-refractivity contribution in [2.75, 3.05) is 26.3 Å².